The third-order valence-corrected chi connectivity index (χ3v) is 6.19. The predicted molar refractivity (Wildman–Crippen MR) is 93.0 cm³/mol. The average Bonchev–Trinajstić information content (AvgIpc) is 2.94. The summed E-state index contributed by atoms with van der Waals surface area (Å²) in [6.07, 6.45) is 1.90. The van der Waals surface area contributed by atoms with Crippen molar-refractivity contribution in [3.8, 4) is 0 Å². The van der Waals surface area contributed by atoms with Gasteiger partial charge in [-0.15, -0.1) is 0 Å². The van der Waals surface area contributed by atoms with Crippen molar-refractivity contribution < 1.29 is 14.4 Å². The zero-order chi connectivity index (χ0) is 17.8. The Morgan fingerprint density at radius 2 is 2.08 bits per heavy atom. The molecule has 0 spiro atoms. The Hall–Kier alpha value is -2.25. The summed E-state index contributed by atoms with van der Waals surface area (Å²) in [5.74, 6) is 0.00583. The van der Waals surface area contributed by atoms with E-state index < -0.39 is 6.04 Å². The van der Waals surface area contributed by atoms with Gasteiger partial charge in [0.15, 0.2) is 0 Å². The first kappa shape index (κ1) is 16.0. The molecule has 136 valence electrons. The van der Waals surface area contributed by atoms with Crippen molar-refractivity contribution in [3.05, 3.63) is 34.9 Å². The molecular weight excluding hydrogens is 332 g/mol. The topological polar surface area (TPSA) is 90.5 Å². The number of piperidine rings is 2. The fraction of sp³-hybridized carbons (Fsp3) is 0.526. The van der Waals surface area contributed by atoms with Crippen LogP contribution in [0.3, 0.4) is 0 Å². The number of hydrogen-bond donors (Lipinski definition) is 3. The molecule has 5 rings (SSSR count). The number of carbonyl (C=O) groups is 3. The maximum Gasteiger partial charge on any atom is 0.255 e. The summed E-state index contributed by atoms with van der Waals surface area (Å²) in [5.41, 5.74) is 2.68. The van der Waals surface area contributed by atoms with Crippen LogP contribution in [0.15, 0.2) is 18.2 Å². The molecular formula is C19H22N4O3. The van der Waals surface area contributed by atoms with Crippen molar-refractivity contribution >= 4 is 17.7 Å². The quantitative estimate of drug-likeness (QED) is 0.657. The van der Waals surface area contributed by atoms with Gasteiger partial charge in [0.1, 0.15) is 6.04 Å². The third-order valence-electron chi connectivity index (χ3n) is 6.19. The minimum absolute atomic E-state index is 0.0963. The number of fused-ring (bicyclic) bond motifs is 2. The molecule has 3 N–H and O–H groups in total. The fourth-order valence-electron chi connectivity index (χ4n) is 4.77. The van der Waals surface area contributed by atoms with Crippen molar-refractivity contribution in [1.29, 1.82) is 0 Å². The van der Waals surface area contributed by atoms with E-state index in [-0.39, 0.29) is 24.1 Å². The van der Waals surface area contributed by atoms with Crippen LogP contribution in [0.5, 0.6) is 0 Å². The molecule has 0 radical (unpaired) electrons. The largest absolute Gasteiger partial charge is 0.322 e. The Labute approximate surface area is 151 Å². The summed E-state index contributed by atoms with van der Waals surface area (Å²) in [7, 11) is 0. The van der Waals surface area contributed by atoms with Crippen LogP contribution in [0, 0.1) is 5.92 Å². The van der Waals surface area contributed by atoms with Crippen LogP contribution in [-0.4, -0.2) is 47.3 Å². The van der Waals surface area contributed by atoms with Crippen LogP contribution >= 0.6 is 0 Å². The second-order valence-electron chi connectivity index (χ2n) is 7.69. The van der Waals surface area contributed by atoms with E-state index in [1.165, 1.54) is 6.42 Å². The number of rotatable bonds is 4. The van der Waals surface area contributed by atoms with Crippen LogP contribution in [-0.2, 0) is 22.7 Å². The van der Waals surface area contributed by atoms with Gasteiger partial charge in [-0.05, 0) is 36.4 Å². The van der Waals surface area contributed by atoms with Crippen LogP contribution in [0.25, 0.3) is 0 Å². The molecule has 0 aromatic heterocycles. The van der Waals surface area contributed by atoms with E-state index in [0.717, 1.165) is 29.2 Å². The molecule has 4 aliphatic rings. The molecule has 7 heteroatoms. The maximum atomic E-state index is 13.0. The first-order chi connectivity index (χ1) is 12.6. The Morgan fingerprint density at radius 3 is 2.85 bits per heavy atom. The molecule has 1 saturated carbocycles. The maximum absolute atomic E-state index is 13.0. The Balaban J connectivity index is 1.32. The Kier molecular flexibility index (Phi) is 3.62. The van der Waals surface area contributed by atoms with Crippen LogP contribution in [0.2, 0.25) is 0 Å². The Bertz CT molecular complexity index is 798. The molecule has 2 saturated heterocycles. The molecule has 3 fully saturated rings. The number of benzene rings is 1. The van der Waals surface area contributed by atoms with Gasteiger partial charge in [-0.3, -0.25) is 19.7 Å². The lowest BCUT2D eigenvalue weighted by atomic mass is 10.0. The highest BCUT2D eigenvalue weighted by molar-refractivity contribution is 6.05. The molecule has 3 aliphatic heterocycles. The van der Waals surface area contributed by atoms with Crippen molar-refractivity contribution in [2.75, 3.05) is 6.54 Å². The minimum Gasteiger partial charge on any atom is -0.322 e. The number of nitrogens with zero attached hydrogens (tertiary/aromatic N) is 1. The van der Waals surface area contributed by atoms with Crippen molar-refractivity contribution in [2.24, 2.45) is 5.92 Å². The van der Waals surface area contributed by atoms with Crippen molar-refractivity contribution in [2.45, 2.75) is 50.5 Å². The summed E-state index contributed by atoms with van der Waals surface area (Å²) < 4.78 is 0. The van der Waals surface area contributed by atoms with Gasteiger partial charge in [-0.25, -0.2) is 0 Å². The first-order valence-corrected chi connectivity index (χ1v) is 9.35. The second kappa shape index (κ2) is 5.89. The van der Waals surface area contributed by atoms with Gasteiger partial charge in [-0.1, -0.05) is 18.2 Å². The standard InChI is InChI=1S/C19H22N4O3/c24-14-5-4-13(18(25)22-14)23-9-11-3-1-2-10(15(11)19(23)26)8-21-17-12-6-7-20-16(12)17/h1-3,12-13,16-17,20-21H,4-9H2,(H,22,24,25)/t12-,13?,16+,17+/m0/s1. The molecule has 26 heavy (non-hydrogen) atoms. The molecule has 1 unspecified atom stereocenters. The molecule has 4 atom stereocenters. The van der Waals surface area contributed by atoms with Crippen molar-refractivity contribution in [1.82, 2.24) is 20.9 Å². The second-order valence-corrected chi connectivity index (χ2v) is 7.69. The van der Waals surface area contributed by atoms with Gasteiger partial charge >= 0.3 is 0 Å². The summed E-state index contributed by atoms with van der Waals surface area (Å²) in [5, 5.41) is 9.41. The molecule has 7 nitrogen and oxygen atoms in total. The van der Waals surface area contributed by atoms with Gasteiger partial charge in [0.25, 0.3) is 5.91 Å². The first-order valence-electron chi connectivity index (χ1n) is 9.35. The van der Waals surface area contributed by atoms with Gasteiger partial charge in [0.05, 0.1) is 0 Å². The van der Waals surface area contributed by atoms with E-state index in [0.29, 0.717) is 31.6 Å². The third kappa shape index (κ3) is 2.46. The van der Waals surface area contributed by atoms with E-state index in [4.69, 9.17) is 0 Å². The molecule has 1 aromatic rings. The number of amides is 3. The lowest BCUT2D eigenvalue weighted by Gasteiger charge is -2.29. The summed E-state index contributed by atoms with van der Waals surface area (Å²) in [6.45, 7) is 2.20. The molecule has 0 bridgehead atoms. The van der Waals surface area contributed by atoms with E-state index in [2.05, 4.69) is 16.0 Å². The summed E-state index contributed by atoms with van der Waals surface area (Å²) in [4.78, 5) is 38.2. The highest BCUT2D eigenvalue weighted by Gasteiger charge is 2.52. The molecule has 3 heterocycles. The normalized spacial score (nSPS) is 32.5. The zero-order valence-electron chi connectivity index (χ0n) is 14.5. The van der Waals surface area contributed by atoms with E-state index in [1.807, 2.05) is 18.2 Å². The van der Waals surface area contributed by atoms with E-state index in [9.17, 15) is 14.4 Å². The summed E-state index contributed by atoms with van der Waals surface area (Å²) in [6, 6.07) is 6.45. The van der Waals surface area contributed by atoms with E-state index in [1.54, 1.807) is 4.90 Å². The highest BCUT2D eigenvalue weighted by Crippen LogP contribution is 2.39. The number of hydrogen-bond acceptors (Lipinski definition) is 5. The Morgan fingerprint density at radius 1 is 1.19 bits per heavy atom. The molecule has 1 aliphatic carbocycles. The number of carbonyl (C=O) groups excluding carboxylic acids is 3. The van der Waals surface area contributed by atoms with Crippen LogP contribution in [0.1, 0.15) is 40.7 Å². The molecule has 1 aromatic carbocycles. The minimum atomic E-state index is -0.555. The van der Waals surface area contributed by atoms with Crippen molar-refractivity contribution in [3.63, 3.8) is 0 Å². The summed E-state index contributed by atoms with van der Waals surface area (Å²) >= 11 is 0. The number of imide groups is 1. The van der Waals surface area contributed by atoms with E-state index >= 15 is 0 Å². The smallest absolute Gasteiger partial charge is 0.255 e. The van der Waals surface area contributed by atoms with Crippen LogP contribution in [0.4, 0.5) is 0 Å². The molecule has 3 amide bonds. The lowest BCUT2D eigenvalue weighted by molar-refractivity contribution is -0.136. The lowest BCUT2D eigenvalue weighted by Crippen LogP contribution is -2.52. The van der Waals surface area contributed by atoms with Gasteiger partial charge in [0, 0.05) is 37.2 Å². The van der Waals surface area contributed by atoms with Crippen LogP contribution < -0.4 is 16.0 Å². The SMILES string of the molecule is O=C1CCC(N2Cc3cccc(CN[C@@H]4[C@H]5CCN[C@H]54)c3C2=O)C(=O)N1. The highest BCUT2D eigenvalue weighted by atomic mass is 16.2. The average molecular weight is 354 g/mol. The van der Waals surface area contributed by atoms with Gasteiger partial charge in [-0.2, -0.15) is 0 Å². The monoisotopic (exact) mass is 354 g/mol. The zero-order valence-corrected chi connectivity index (χ0v) is 14.5. The fourth-order valence-corrected chi connectivity index (χ4v) is 4.77. The number of nitrogens with one attached hydrogen (secondary N) is 3. The van der Waals surface area contributed by atoms with Gasteiger partial charge in [0.2, 0.25) is 11.8 Å². The predicted octanol–water partition coefficient (Wildman–Crippen LogP) is -0.102. The van der Waals surface area contributed by atoms with Gasteiger partial charge < -0.3 is 15.5 Å².